The second-order valence-electron chi connectivity index (χ2n) is 5.18. The van der Waals surface area contributed by atoms with Gasteiger partial charge in [0.25, 0.3) is 0 Å². The standard InChI is InChI=1S/C17H10ClNO4/c18-11-3-1-2-10-8(7-19-16(10)11)4-14-17(22)15-12(21)5-9(20)6-13(15)23-14/h1-7,19-21H. The second-order valence-corrected chi connectivity index (χ2v) is 5.59. The number of Topliss-reactive ketones (excluding diaryl/α,β-unsaturated/α-hetero) is 1. The number of ketones is 1. The van der Waals surface area contributed by atoms with E-state index in [0.29, 0.717) is 5.02 Å². The molecule has 2 heterocycles. The Morgan fingerprint density at radius 3 is 2.87 bits per heavy atom. The number of carbonyl (C=O) groups excluding carboxylic acids is 1. The summed E-state index contributed by atoms with van der Waals surface area (Å²) in [5.41, 5.74) is 1.55. The predicted octanol–water partition coefficient (Wildman–Crippen LogP) is 3.85. The molecular formula is C17H10ClNO4. The normalized spacial score (nSPS) is 15.2. The third-order valence-electron chi connectivity index (χ3n) is 3.72. The highest BCUT2D eigenvalue weighted by Crippen LogP contribution is 2.41. The Labute approximate surface area is 135 Å². The van der Waals surface area contributed by atoms with E-state index in [1.165, 1.54) is 6.07 Å². The maximum atomic E-state index is 12.4. The van der Waals surface area contributed by atoms with Crippen LogP contribution >= 0.6 is 11.6 Å². The van der Waals surface area contributed by atoms with E-state index in [0.717, 1.165) is 22.5 Å². The third-order valence-corrected chi connectivity index (χ3v) is 4.04. The van der Waals surface area contributed by atoms with Gasteiger partial charge >= 0.3 is 0 Å². The van der Waals surface area contributed by atoms with Crippen molar-refractivity contribution in [2.45, 2.75) is 0 Å². The van der Waals surface area contributed by atoms with Gasteiger partial charge in [-0.1, -0.05) is 23.7 Å². The molecule has 0 amide bonds. The van der Waals surface area contributed by atoms with E-state index < -0.39 is 5.78 Å². The number of hydrogen-bond donors (Lipinski definition) is 3. The lowest BCUT2D eigenvalue weighted by Gasteiger charge is -2.00. The molecule has 4 rings (SSSR count). The number of nitrogens with one attached hydrogen (secondary N) is 1. The molecule has 1 aliphatic heterocycles. The molecule has 6 heteroatoms. The van der Waals surface area contributed by atoms with E-state index in [1.807, 2.05) is 12.1 Å². The molecule has 0 atom stereocenters. The van der Waals surface area contributed by atoms with E-state index in [2.05, 4.69) is 4.98 Å². The van der Waals surface area contributed by atoms with Gasteiger partial charge < -0.3 is 19.9 Å². The fourth-order valence-electron chi connectivity index (χ4n) is 2.68. The summed E-state index contributed by atoms with van der Waals surface area (Å²) in [5, 5.41) is 20.7. The molecule has 0 aliphatic carbocycles. The summed E-state index contributed by atoms with van der Waals surface area (Å²) in [6.45, 7) is 0. The Kier molecular flexibility index (Phi) is 2.86. The van der Waals surface area contributed by atoms with Gasteiger partial charge in [-0.2, -0.15) is 0 Å². The molecule has 114 valence electrons. The Balaban J connectivity index is 1.83. The summed E-state index contributed by atoms with van der Waals surface area (Å²) < 4.78 is 5.48. The fraction of sp³-hybridized carbons (Fsp3) is 0. The Hall–Kier alpha value is -2.92. The molecule has 3 N–H and O–H groups in total. The van der Waals surface area contributed by atoms with Crippen LogP contribution in [0.3, 0.4) is 0 Å². The number of hydrogen-bond acceptors (Lipinski definition) is 4. The molecule has 5 nitrogen and oxygen atoms in total. The van der Waals surface area contributed by atoms with Crippen molar-refractivity contribution in [2.75, 3.05) is 0 Å². The molecule has 23 heavy (non-hydrogen) atoms. The average molecular weight is 328 g/mol. The van der Waals surface area contributed by atoms with Crippen molar-refractivity contribution in [3.05, 3.63) is 58.4 Å². The number of para-hydroxylation sites is 1. The van der Waals surface area contributed by atoms with E-state index >= 15 is 0 Å². The number of benzene rings is 2. The number of halogens is 1. The molecule has 0 bridgehead atoms. The number of H-pyrrole nitrogens is 1. The smallest absolute Gasteiger partial charge is 0.235 e. The van der Waals surface area contributed by atoms with Crippen molar-refractivity contribution in [3.8, 4) is 17.2 Å². The van der Waals surface area contributed by atoms with Crippen LogP contribution in [0.4, 0.5) is 0 Å². The van der Waals surface area contributed by atoms with Crippen molar-refractivity contribution >= 4 is 34.4 Å². The molecule has 1 aliphatic rings. The van der Waals surface area contributed by atoms with Crippen LogP contribution in [0.1, 0.15) is 15.9 Å². The van der Waals surface area contributed by atoms with Crippen LogP contribution in [-0.2, 0) is 0 Å². The minimum atomic E-state index is -0.436. The fourth-order valence-corrected chi connectivity index (χ4v) is 2.91. The molecule has 0 saturated carbocycles. The lowest BCUT2D eigenvalue weighted by molar-refractivity contribution is 0.101. The van der Waals surface area contributed by atoms with Crippen LogP contribution < -0.4 is 4.74 Å². The SMILES string of the molecule is O=C1C(=Cc2c[nH]c3c(Cl)cccc23)Oc2cc(O)cc(O)c21. The Bertz CT molecular complexity index is 1000. The topological polar surface area (TPSA) is 82.6 Å². The summed E-state index contributed by atoms with van der Waals surface area (Å²) in [6, 6.07) is 7.86. The molecule has 3 aromatic rings. The monoisotopic (exact) mass is 327 g/mol. The molecular weight excluding hydrogens is 318 g/mol. The molecule has 2 aromatic carbocycles. The number of phenolic OH excluding ortho intramolecular Hbond substituents is 2. The number of rotatable bonds is 1. The number of aromatic hydroxyl groups is 2. The highest BCUT2D eigenvalue weighted by atomic mass is 35.5. The maximum Gasteiger partial charge on any atom is 0.235 e. The first-order valence-corrected chi connectivity index (χ1v) is 7.18. The minimum Gasteiger partial charge on any atom is -0.508 e. The van der Waals surface area contributed by atoms with Gasteiger partial charge in [0.2, 0.25) is 5.78 Å². The van der Waals surface area contributed by atoms with Gasteiger partial charge in [-0.3, -0.25) is 4.79 Å². The van der Waals surface area contributed by atoms with Crippen LogP contribution in [0.5, 0.6) is 17.2 Å². The lowest BCUT2D eigenvalue weighted by Crippen LogP contribution is -1.98. The molecule has 0 fully saturated rings. The minimum absolute atomic E-state index is 0.0481. The van der Waals surface area contributed by atoms with Gasteiger partial charge in [-0.05, 0) is 12.1 Å². The first-order chi connectivity index (χ1) is 11.0. The third kappa shape index (κ3) is 2.05. The van der Waals surface area contributed by atoms with Gasteiger partial charge in [0.1, 0.15) is 22.8 Å². The molecule has 0 unspecified atom stereocenters. The largest absolute Gasteiger partial charge is 0.508 e. The van der Waals surface area contributed by atoms with Gasteiger partial charge in [0, 0.05) is 29.3 Å². The Morgan fingerprint density at radius 2 is 2.04 bits per heavy atom. The van der Waals surface area contributed by atoms with Crippen LogP contribution in [0.25, 0.3) is 17.0 Å². The zero-order valence-corrected chi connectivity index (χ0v) is 12.4. The van der Waals surface area contributed by atoms with Gasteiger partial charge in [-0.15, -0.1) is 0 Å². The zero-order chi connectivity index (χ0) is 16.1. The highest BCUT2D eigenvalue weighted by molar-refractivity contribution is 6.35. The summed E-state index contributed by atoms with van der Waals surface area (Å²) in [4.78, 5) is 15.4. The van der Waals surface area contributed by atoms with Crippen molar-refractivity contribution in [2.24, 2.45) is 0 Å². The van der Waals surface area contributed by atoms with Crippen LogP contribution in [0.2, 0.25) is 5.02 Å². The van der Waals surface area contributed by atoms with Crippen molar-refractivity contribution in [1.82, 2.24) is 4.98 Å². The Morgan fingerprint density at radius 1 is 1.22 bits per heavy atom. The summed E-state index contributed by atoms with van der Waals surface area (Å²) in [5.74, 6) is -0.711. The van der Waals surface area contributed by atoms with Gasteiger partial charge in [0.05, 0.1) is 10.5 Å². The quantitative estimate of drug-likeness (QED) is 0.593. The predicted molar refractivity (Wildman–Crippen MR) is 86.0 cm³/mol. The van der Waals surface area contributed by atoms with E-state index in [4.69, 9.17) is 16.3 Å². The van der Waals surface area contributed by atoms with Gasteiger partial charge in [-0.25, -0.2) is 0 Å². The number of aromatic nitrogens is 1. The van der Waals surface area contributed by atoms with Gasteiger partial charge in [0.15, 0.2) is 5.76 Å². The summed E-state index contributed by atoms with van der Waals surface area (Å²) in [6.07, 6.45) is 3.30. The van der Waals surface area contributed by atoms with E-state index in [1.54, 1.807) is 18.3 Å². The van der Waals surface area contributed by atoms with Crippen molar-refractivity contribution in [3.63, 3.8) is 0 Å². The van der Waals surface area contributed by atoms with E-state index in [-0.39, 0.29) is 28.6 Å². The number of fused-ring (bicyclic) bond motifs is 2. The van der Waals surface area contributed by atoms with Crippen LogP contribution in [0.15, 0.2) is 42.3 Å². The molecule has 1 aromatic heterocycles. The lowest BCUT2D eigenvalue weighted by atomic mass is 10.1. The molecule has 0 saturated heterocycles. The maximum absolute atomic E-state index is 12.4. The van der Waals surface area contributed by atoms with Crippen LogP contribution in [0, 0.1) is 0 Å². The van der Waals surface area contributed by atoms with Crippen LogP contribution in [-0.4, -0.2) is 21.0 Å². The summed E-state index contributed by atoms with van der Waals surface area (Å²) >= 11 is 6.12. The number of carbonyl (C=O) groups is 1. The number of phenols is 2. The molecule has 0 spiro atoms. The first-order valence-electron chi connectivity index (χ1n) is 6.80. The average Bonchev–Trinajstić information content (AvgIpc) is 3.03. The van der Waals surface area contributed by atoms with Crippen molar-refractivity contribution in [1.29, 1.82) is 0 Å². The number of aromatic amines is 1. The highest BCUT2D eigenvalue weighted by Gasteiger charge is 2.31. The molecule has 0 radical (unpaired) electrons. The number of ether oxygens (including phenoxy) is 1. The van der Waals surface area contributed by atoms with E-state index in [9.17, 15) is 15.0 Å². The number of allylic oxidation sites excluding steroid dienone is 1. The second kappa shape index (κ2) is 4.79. The van der Waals surface area contributed by atoms with Crippen molar-refractivity contribution < 1.29 is 19.7 Å². The first kappa shape index (κ1) is 13.7. The summed E-state index contributed by atoms with van der Waals surface area (Å²) in [7, 11) is 0. The zero-order valence-electron chi connectivity index (χ0n) is 11.6.